The van der Waals surface area contributed by atoms with Gasteiger partial charge >= 0.3 is 6.18 Å². The maximum absolute atomic E-state index is 12.7. The second kappa shape index (κ2) is 7.79. The summed E-state index contributed by atoms with van der Waals surface area (Å²) in [7, 11) is 0. The molecule has 1 fully saturated rings. The van der Waals surface area contributed by atoms with Crippen LogP contribution in [0.25, 0.3) is 0 Å². The van der Waals surface area contributed by atoms with Gasteiger partial charge in [-0.3, -0.25) is 9.69 Å². The molecule has 0 unspecified atom stereocenters. The average molecular weight is 330 g/mol. The van der Waals surface area contributed by atoms with E-state index >= 15 is 0 Å². The molecule has 1 atom stereocenters. The van der Waals surface area contributed by atoms with Crippen LogP contribution in [0, 0.1) is 0 Å². The third-order valence-electron chi connectivity index (χ3n) is 3.84. The lowest BCUT2D eigenvalue weighted by molar-refractivity contribution is -0.237. The molecule has 1 heterocycles. The highest BCUT2D eigenvalue weighted by Crippen LogP contribution is 2.25. The van der Waals surface area contributed by atoms with Gasteiger partial charge in [0.05, 0.1) is 6.61 Å². The first-order valence-corrected chi connectivity index (χ1v) is 7.68. The third kappa shape index (κ3) is 4.94. The Morgan fingerprint density at radius 1 is 1.35 bits per heavy atom. The van der Waals surface area contributed by atoms with Crippen molar-refractivity contribution in [1.82, 2.24) is 4.90 Å². The van der Waals surface area contributed by atoms with Gasteiger partial charge < -0.3 is 9.64 Å². The molecule has 0 aromatic heterocycles. The zero-order valence-electron chi connectivity index (χ0n) is 13.1. The van der Waals surface area contributed by atoms with Crippen molar-refractivity contribution in [1.29, 1.82) is 0 Å². The van der Waals surface area contributed by atoms with E-state index in [-0.39, 0.29) is 25.5 Å². The summed E-state index contributed by atoms with van der Waals surface area (Å²) in [5.41, 5.74) is 0.801. The normalized spacial score (nSPS) is 19.6. The van der Waals surface area contributed by atoms with Gasteiger partial charge in [0.15, 0.2) is 6.10 Å². The molecule has 1 aliphatic heterocycles. The first kappa shape index (κ1) is 17.7. The predicted octanol–water partition coefficient (Wildman–Crippen LogP) is 2.69. The lowest BCUT2D eigenvalue weighted by atomic mass is 10.2. The number of carbonyl (C=O) groups is 1. The van der Waals surface area contributed by atoms with Crippen LogP contribution in [-0.4, -0.2) is 55.9 Å². The van der Waals surface area contributed by atoms with Gasteiger partial charge in [0.1, 0.15) is 0 Å². The number of alkyl halides is 3. The van der Waals surface area contributed by atoms with Crippen LogP contribution in [-0.2, 0) is 9.53 Å². The maximum atomic E-state index is 12.7. The fraction of sp³-hybridized carbons (Fsp3) is 0.562. The van der Waals surface area contributed by atoms with Crippen LogP contribution in [0.1, 0.15) is 13.3 Å². The van der Waals surface area contributed by atoms with Crippen molar-refractivity contribution < 1.29 is 22.7 Å². The molecule has 1 saturated heterocycles. The predicted molar refractivity (Wildman–Crippen MR) is 81.3 cm³/mol. The third-order valence-corrected chi connectivity index (χ3v) is 3.84. The van der Waals surface area contributed by atoms with Crippen molar-refractivity contribution >= 4 is 11.6 Å². The van der Waals surface area contributed by atoms with E-state index in [1.54, 1.807) is 9.80 Å². The van der Waals surface area contributed by atoms with Crippen LogP contribution in [0.5, 0.6) is 0 Å². The van der Waals surface area contributed by atoms with Gasteiger partial charge in [-0.25, -0.2) is 0 Å². The number of hydrogen-bond donors (Lipinski definition) is 0. The van der Waals surface area contributed by atoms with Gasteiger partial charge in [-0.1, -0.05) is 18.2 Å². The summed E-state index contributed by atoms with van der Waals surface area (Å²) in [4.78, 5) is 15.6. The summed E-state index contributed by atoms with van der Waals surface area (Å²) >= 11 is 0. The van der Waals surface area contributed by atoms with Gasteiger partial charge in [0.25, 0.3) is 0 Å². The SMILES string of the molecule is CCN(C(=O)CCN1CCO[C@H](C(F)(F)F)C1)c1ccccc1. The molecule has 23 heavy (non-hydrogen) atoms. The molecule has 1 aliphatic rings. The van der Waals surface area contributed by atoms with Crippen LogP contribution in [0.2, 0.25) is 0 Å². The fourth-order valence-electron chi connectivity index (χ4n) is 2.60. The number of anilines is 1. The molecule has 4 nitrogen and oxygen atoms in total. The van der Waals surface area contributed by atoms with Gasteiger partial charge in [0, 0.05) is 38.3 Å². The molecule has 1 aromatic carbocycles. The second-order valence-electron chi connectivity index (χ2n) is 5.43. The molecule has 1 amide bonds. The molecule has 0 N–H and O–H groups in total. The van der Waals surface area contributed by atoms with Gasteiger partial charge in [-0.15, -0.1) is 0 Å². The molecule has 0 bridgehead atoms. The zero-order valence-corrected chi connectivity index (χ0v) is 13.1. The van der Waals surface area contributed by atoms with Crippen LogP contribution in [0.4, 0.5) is 18.9 Å². The first-order valence-electron chi connectivity index (χ1n) is 7.68. The van der Waals surface area contributed by atoms with Crippen LogP contribution in [0.15, 0.2) is 30.3 Å². The Hall–Kier alpha value is -1.60. The van der Waals surface area contributed by atoms with Crippen molar-refractivity contribution in [3.63, 3.8) is 0 Å². The van der Waals surface area contributed by atoms with Crippen molar-refractivity contribution in [2.75, 3.05) is 37.7 Å². The highest BCUT2D eigenvalue weighted by Gasteiger charge is 2.43. The summed E-state index contributed by atoms with van der Waals surface area (Å²) in [5, 5.41) is 0. The molecule has 2 rings (SSSR count). The summed E-state index contributed by atoms with van der Waals surface area (Å²) < 4.78 is 42.8. The molecule has 0 aliphatic carbocycles. The minimum atomic E-state index is -4.36. The topological polar surface area (TPSA) is 32.8 Å². The number of morpholine rings is 1. The van der Waals surface area contributed by atoms with E-state index in [2.05, 4.69) is 0 Å². The number of rotatable bonds is 5. The minimum absolute atomic E-state index is 0.0363. The summed E-state index contributed by atoms with van der Waals surface area (Å²) in [6.45, 7) is 2.94. The van der Waals surface area contributed by atoms with Crippen LogP contribution < -0.4 is 4.90 Å². The molecule has 1 aromatic rings. The lowest BCUT2D eigenvalue weighted by Gasteiger charge is -2.34. The van der Waals surface area contributed by atoms with Gasteiger partial charge in [-0.05, 0) is 19.1 Å². The largest absolute Gasteiger partial charge is 0.415 e. The Labute approximate surface area is 133 Å². The number of amides is 1. The summed E-state index contributed by atoms with van der Waals surface area (Å²) in [5.74, 6) is -0.0891. The molecule has 0 saturated carbocycles. The number of carbonyl (C=O) groups excluding carboxylic acids is 1. The lowest BCUT2D eigenvalue weighted by Crippen LogP contribution is -2.49. The Morgan fingerprint density at radius 2 is 2.04 bits per heavy atom. The summed E-state index contributed by atoms with van der Waals surface area (Å²) in [6.07, 6.45) is -5.93. The van der Waals surface area contributed by atoms with E-state index in [9.17, 15) is 18.0 Å². The highest BCUT2D eigenvalue weighted by molar-refractivity contribution is 5.93. The van der Waals surface area contributed by atoms with E-state index < -0.39 is 12.3 Å². The average Bonchev–Trinajstić information content (AvgIpc) is 2.54. The number of para-hydroxylation sites is 1. The first-order chi connectivity index (χ1) is 10.9. The van der Waals surface area contributed by atoms with Crippen molar-refractivity contribution in [3.05, 3.63) is 30.3 Å². The van der Waals surface area contributed by atoms with E-state index in [0.29, 0.717) is 19.6 Å². The molecular formula is C16H21F3N2O2. The Balaban J connectivity index is 1.88. The molecule has 0 radical (unpaired) electrons. The number of nitrogens with zero attached hydrogens (tertiary/aromatic N) is 2. The zero-order chi connectivity index (χ0) is 16.9. The van der Waals surface area contributed by atoms with E-state index in [4.69, 9.17) is 4.74 Å². The molecule has 7 heteroatoms. The number of ether oxygens (including phenoxy) is 1. The Morgan fingerprint density at radius 3 is 2.65 bits per heavy atom. The van der Waals surface area contributed by atoms with Crippen molar-refractivity contribution in [3.8, 4) is 0 Å². The molecular weight excluding hydrogens is 309 g/mol. The van der Waals surface area contributed by atoms with Crippen molar-refractivity contribution in [2.45, 2.75) is 25.6 Å². The Bertz CT molecular complexity index is 508. The maximum Gasteiger partial charge on any atom is 0.415 e. The summed E-state index contributed by atoms with van der Waals surface area (Å²) in [6, 6.07) is 9.25. The number of halogens is 3. The van der Waals surface area contributed by atoms with E-state index in [1.807, 2.05) is 37.3 Å². The standard InChI is InChI=1S/C16H21F3N2O2/c1-2-21(13-6-4-3-5-7-13)15(22)8-9-20-10-11-23-14(12-20)16(17,18)19/h3-7,14H,2,8-12H2,1H3/t14-/m0/s1. The van der Waals surface area contributed by atoms with E-state index in [1.165, 1.54) is 0 Å². The van der Waals surface area contributed by atoms with Crippen molar-refractivity contribution in [2.24, 2.45) is 0 Å². The van der Waals surface area contributed by atoms with Gasteiger partial charge in [-0.2, -0.15) is 13.2 Å². The minimum Gasteiger partial charge on any atom is -0.366 e. The number of hydrogen-bond acceptors (Lipinski definition) is 3. The quantitative estimate of drug-likeness (QED) is 0.832. The number of benzene rings is 1. The fourth-order valence-corrected chi connectivity index (χ4v) is 2.60. The monoisotopic (exact) mass is 330 g/mol. The molecule has 0 spiro atoms. The van der Waals surface area contributed by atoms with Gasteiger partial charge in [0.2, 0.25) is 5.91 Å². The van der Waals surface area contributed by atoms with E-state index in [0.717, 1.165) is 5.69 Å². The Kier molecular flexibility index (Phi) is 6.01. The van der Waals surface area contributed by atoms with Crippen LogP contribution >= 0.6 is 0 Å². The highest BCUT2D eigenvalue weighted by atomic mass is 19.4. The molecule has 128 valence electrons. The second-order valence-corrected chi connectivity index (χ2v) is 5.43. The van der Waals surface area contributed by atoms with Crippen LogP contribution in [0.3, 0.4) is 0 Å². The smallest absolute Gasteiger partial charge is 0.366 e.